The summed E-state index contributed by atoms with van der Waals surface area (Å²) in [5, 5.41) is 24.3. The Balaban J connectivity index is 2.65. The van der Waals surface area contributed by atoms with E-state index in [0.29, 0.717) is 0 Å². The molecule has 2 N–H and O–H groups in total. The van der Waals surface area contributed by atoms with Crippen molar-refractivity contribution in [1.82, 2.24) is 0 Å². The van der Waals surface area contributed by atoms with E-state index in [9.17, 15) is 0 Å². The fourth-order valence-electron chi connectivity index (χ4n) is 3.29. The largest absolute Gasteiger partial charge is 0.411 e. The molecule has 2 aromatic carbocycles. The molecule has 0 unspecified atom stereocenters. The predicted molar refractivity (Wildman–Crippen MR) is 104 cm³/mol. The third-order valence-corrected chi connectivity index (χ3v) is 6.16. The molecule has 0 bridgehead atoms. The molecule has 0 atom stereocenters. The van der Waals surface area contributed by atoms with Crippen LogP contribution in [0.25, 0.3) is 0 Å². The average Bonchev–Trinajstić information content (AvgIpc) is 2.54. The second kappa shape index (κ2) is 7.74. The standard InChI is InChI=1S/C20H24N2O2S/c1-11-7-13(3)19(15(5)17(11)9-21-23)25-20-14(4)8-12(2)18(10-22-24)16(20)6/h7-10,23-24H,1-6H3. The van der Waals surface area contributed by atoms with Crippen LogP contribution >= 0.6 is 11.8 Å². The molecule has 0 aliphatic carbocycles. The number of benzene rings is 2. The van der Waals surface area contributed by atoms with Crippen LogP contribution in [0.2, 0.25) is 0 Å². The molecule has 25 heavy (non-hydrogen) atoms. The van der Waals surface area contributed by atoms with Crippen LogP contribution in [0.1, 0.15) is 44.5 Å². The quantitative estimate of drug-likeness (QED) is 0.443. The second-order valence-corrected chi connectivity index (χ2v) is 7.37. The number of hydrogen-bond acceptors (Lipinski definition) is 5. The topological polar surface area (TPSA) is 65.2 Å². The summed E-state index contributed by atoms with van der Waals surface area (Å²) >= 11 is 1.70. The normalized spacial score (nSPS) is 11.8. The van der Waals surface area contributed by atoms with Gasteiger partial charge in [0.2, 0.25) is 0 Å². The maximum absolute atomic E-state index is 8.96. The number of hydrogen-bond donors (Lipinski definition) is 2. The van der Waals surface area contributed by atoms with Crippen molar-refractivity contribution < 1.29 is 10.4 Å². The van der Waals surface area contributed by atoms with E-state index in [-0.39, 0.29) is 0 Å². The van der Waals surface area contributed by atoms with E-state index in [2.05, 4.69) is 36.3 Å². The summed E-state index contributed by atoms with van der Waals surface area (Å²) in [6, 6.07) is 4.22. The fourth-order valence-corrected chi connectivity index (χ4v) is 4.46. The zero-order valence-electron chi connectivity index (χ0n) is 15.5. The smallest absolute Gasteiger partial charge is 0.0739 e. The second-order valence-electron chi connectivity index (χ2n) is 6.35. The average molecular weight is 356 g/mol. The van der Waals surface area contributed by atoms with E-state index >= 15 is 0 Å². The van der Waals surface area contributed by atoms with E-state index in [1.807, 2.05) is 27.7 Å². The highest BCUT2D eigenvalue weighted by atomic mass is 32.2. The Kier molecular flexibility index (Phi) is 5.90. The SMILES string of the molecule is Cc1cc(C)c(Sc2c(C)cc(C)c(C=NO)c2C)c(C)c1C=NO. The minimum Gasteiger partial charge on any atom is -0.411 e. The van der Waals surface area contributed by atoms with Gasteiger partial charge in [0.05, 0.1) is 12.4 Å². The van der Waals surface area contributed by atoms with Gasteiger partial charge in [0, 0.05) is 20.9 Å². The minimum atomic E-state index is 0.940. The fraction of sp³-hybridized carbons (Fsp3) is 0.300. The first-order chi connectivity index (χ1) is 11.8. The molecule has 0 heterocycles. The number of oxime groups is 2. The number of aryl methyl sites for hydroxylation is 4. The van der Waals surface area contributed by atoms with E-state index < -0.39 is 0 Å². The lowest BCUT2D eigenvalue weighted by Gasteiger charge is -2.18. The van der Waals surface area contributed by atoms with Crippen LogP contribution in [-0.4, -0.2) is 22.8 Å². The monoisotopic (exact) mass is 356 g/mol. The van der Waals surface area contributed by atoms with Gasteiger partial charge < -0.3 is 10.4 Å². The molecule has 4 nitrogen and oxygen atoms in total. The third kappa shape index (κ3) is 3.71. The molecular formula is C20H24N2O2S. The van der Waals surface area contributed by atoms with Gasteiger partial charge in [-0.05, 0) is 74.9 Å². The Morgan fingerprint density at radius 3 is 1.36 bits per heavy atom. The molecule has 0 aromatic heterocycles. The summed E-state index contributed by atoms with van der Waals surface area (Å²) in [5.74, 6) is 0. The van der Waals surface area contributed by atoms with E-state index in [4.69, 9.17) is 10.4 Å². The van der Waals surface area contributed by atoms with Crippen LogP contribution in [0.5, 0.6) is 0 Å². The molecule has 0 saturated carbocycles. The Bertz CT molecular complexity index is 799. The summed E-state index contributed by atoms with van der Waals surface area (Å²) < 4.78 is 0. The summed E-state index contributed by atoms with van der Waals surface area (Å²) in [6.07, 6.45) is 2.99. The van der Waals surface area contributed by atoms with Crippen LogP contribution in [0.3, 0.4) is 0 Å². The zero-order valence-corrected chi connectivity index (χ0v) is 16.3. The molecule has 0 fully saturated rings. The lowest BCUT2D eigenvalue weighted by Crippen LogP contribution is -2.00. The van der Waals surface area contributed by atoms with Gasteiger partial charge in [-0.25, -0.2) is 0 Å². The van der Waals surface area contributed by atoms with Crippen LogP contribution in [0.4, 0.5) is 0 Å². The minimum absolute atomic E-state index is 0.940. The molecule has 0 saturated heterocycles. The van der Waals surface area contributed by atoms with Gasteiger partial charge in [0.15, 0.2) is 0 Å². The molecule has 0 spiro atoms. The predicted octanol–water partition coefficient (Wildman–Crippen LogP) is 5.30. The molecule has 5 heteroatoms. The molecule has 132 valence electrons. The van der Waals surface area contributed by atoms with Crippen molar-refractivity contribution >= 4 is 24.2 Å². The van der Waals surface area contributed by atoms with Crippen molar-refractivity contribution in [2.24, 2.45) is 10.3 Å². The lowest BCUT2D eigenvalue weighted by atomic mass is 10.0. The van der Waals surface area contributed by atoms with Gasteiger partial charge in [-0.2, -0.15) is 0 Å². The molecule has 0 aliphatic heterocycles. The molecular weight excluding hydrogens is 332 g/mol. The zero-order chi connectivity index (χ0) is 18.7. The van der Waals surface area contributed by atoms with Crippen LogP contribution in [0, 0.1) is 41.5 Å². The van der Waals surface area contributed by atoms with Crippen molar-refractivity contribution in [2.75, 3.05) is 0 Å². The van der Waals surface area contributed by atoms with Gasteiger partial charge in [-0.1, -0.05) is 34.2 Å². The van der Waals surface area contributed by atoms with Gasteiger partial charge in [0.25, 0.3) is 0 Å². The summed E-state index contributed by atoms with van der Waals surface area (Å²) in [7, 11) is 0. The summed E-state index contributed by atoms with van der Waals surface area (Å²) in [6.45, 7) is 12.3. The number of nitrogens with zero attached hydrogens (tertiary/aromatic N) is 2. The van der Waals surface area contributed by atoms with Crippen LogP contribution in [-0.2, 0) is 0 Å². The van der Waals surface area contributed by atoms with Crippen LogP contribution < -0.4 is 0 Å². The Morgan fingerprint density at radius 1 is 0.680 bits per heavy atom. The lowest BCUT2D eigenvalue weighted by molar-refractivity contribution is 0.321. The van der Waals surface area contributed by atoms with E-state index in [0.717, 1.165) is 43.2 Å². The van der Waals surface area contributed by atoms with E-state index in [1.165, 1.54) is 23.6 Å². The van der Waals surface area contributed by atoms with E-state index in [1.54, 1.807) is 11.8 Å². The Hall–Kier alpha value is -2.27. The molecule has 2 rings (SSSR count). The van der Waals surface area contributed by atoms with Gasteiger partial charge in [-0.15, -0.1) is 0 Å². The summed E-state index contributed by atoms with van der Waals surface area (Å²) in [5.41, 5.74) is 8.61. The first kappa shape index (κ1) is 19.1. The van der Waals surface area contributed by atoms with Gasteiger partial charge >= 0.3 is 0 Å². The van der Waals surface area contributed by atoms with Gasteiger partial charge in [-0.3, -0.25) is 0 Å². The van der Waals surface area contributed by atoms with Crippen LogP contribution in [0.15, 0.2) is 32.2 Å². The third-order valence-electron chi connectivity index (χ3n) is 4.50. The Morgan fingerprint density at radius 2 is 1.04 bits per heavy atom. The molecule has 0 amide bonds. The molecule has 0 aliphatic rings. The molecule has 0 radical (unpaired) electrons. The van der Waals surface area contributed by atoms with Crippen molar-refractivity contribution in [3.63, 3.8) is 0 Å². The number of rotatable bonds is 4. The van der Waals surface area contributed by atoms with Gasteiger partial charge in [0.1, 0.15) is 0 Å². The highest BCUT2D eigenvalue weighted by Crippen LogP contribution is 2.39. The van der Waals surface area contributed by atoms with Crippen molar-refractivity contribution in [3.8, 4) is 0 Å². The van der Waals surface area contributed by atoms with Crippen molar-refractivity contribution in [2.45, 2.75) is 51.3 Å². The maximum atomic E-state index is 8.96. The highest BCUT2D eigenvalue weighted by Gasteiger charge is 2.16. The summed E-state index contributed by atoms with van der Waals surface area (Å²) in [4.78, 5) is 2.31. The Labute approximate surface area is 153 Å². The maximum Gasteiger partial charge on any atom is 0.0739 e. The first-order valence-corrected chi connectivity index (χ1v) is 8.87. The molecule has 2 aromatic rings. The highest BCUT2D eigenvalue weighted by molar-refractivity contribution is 7.99. The first-order valence-electron chi connectivity index (χ1n) is 8.06. The van der Waals surface area contributed by atoms with Crippen molar-refractivity contribution in [3.05, 3.63) is 56.6 Å². The van der Waals surface area contributed by atoms with Crippen molar-refractivity contribution in [1.29, 1.82) is 0 Å².